The lowest BCUT2D eigenvalue weighted by atomic mass is 9.92. The second-order valence-corrected chi connectivity index (χ2v) is 7.33. The zero-order chi connectivity index (χ0) is 16.0. The summed E-state index contributed by atoms with van der Waals surface area (Å²) < 4.78 is 0. The first-order valence-electron chi connectivity index (χ1n) is 8.18. The average molecular weight is 322 g/mol. The van der Waals surface area contributed by atoms with Crippen LogP contribution in [0.3, 0.4) is 0 Å². The van der Waals surface area contributed by atoms with E-state index in [0.29, 0.717) is 12.8 Å². The quantitative estimate of drug-likeness (QED) is 0.846. The van der Waals surface area contributed by atoms with Crippen molar-refractivity contribution in [1.29, 1.82) is 0 Å². The fraction of sp³-hybridized carbons (Fsp3) is 0.647. The molecule has 1 aliphatic rings. The molecule has 0 radical (unpaired) electrons. The fourth-order valence-corrected chi connectivity index (χ4v) is 3.52. The van der Waals surface area contributed by atoms with Crippen LogP contribution >= 0.6 is 11.3 Å². The van der Waals surface area contributed by atoms with Gasteiger partial charge < -0.3 is 10.6 Å². The van der Waals surface area contributed by atoms with Crippen molar-refractivity contribution in [2.75, 3.05) is 0 Å². The summed E-state index contributed by atoms with van der Waals surface area (Å²) in [5.41, 5.74) is -0.828. The molecule has 1 aliphatic carbocycles. The summed E-state index contributed by atoms with van der Waals surface area (Å²) in [6.07, 6.45) is 6.64. The number of nitrogens with one attached hydrogen (secondary N) is 2. The van der Waals surface area contributed by atoms with Crippen molar-refractivity contribution in [3.05, 3.63) is 22.4 Å². The monoisotopic (exact) mass is 322 g/mol. The normalized spacial score (nSPS) is 18.5. The molecule has 1 saturated carbocycles. The van der Waals surface area contributed by atoms with Gasteiger partial charge in [-0.3, -0.25) is 9.59 Å². The molecule has 0 bridgehead atoms. The Morgan fingerprint density at radius 1 is 1.32 bits per heavy atom. The molecule has 0 aromatic carbocycles. The zero-order valence-corrected chi connectivity index (χ0v) is 14.3. The van der Waals surface area contributed by atoms with Gasteiger partial charge in [-0.05, 0) is 37.6 Å². The molecule has 0 saturated heterocycles. The number of amides is 2. The zero-order valence-electron chi connectivity index (χ0n) is 13.5. The Balaban J connectivity index is 1.91. The second kappa shape index (κ2) is 7.77. The van der Waals surface area contributed by atoms with Gasteiger partial charge in [-0.2, -0.15) is 0 Å². The molecule has 4 nitrogen and oxygen atoms in total. The minimum Gasteiger partial charge on any atom is -0.351 e. The van der Waals surface area contributed by atoms with Gasteiger partial charge in [0.25, 0.3) is 0 Å². The summed E-state index contributed by atoms with van der Waals surface area (Å²) >= 11 is 1.56. The summed E-state index contributed by atoms with van der Waals surface area (Å²) in [5, 5.41) is 8.01. The van der Waals surface area contributed by atoms with E-state index in [1.807, 2.05) is 31.4 Å². The molecule has 1 unspecified atom stereocenters. The molecular weight excluding hydrogens is 296 g/mol. The van der Waals surface area contributed by atoms with Crippen LogP contribution in [0.15, 0.2) is 17.5 Å². The minimum absolute atomic E-state index is 0.0542. The first-order valence-corrected chi connectivity index (χ1v) is 9.06. The lowest BCUT2D eigenvalue weighted by molar-refractivity contribution is -0.133. The van der Waals surface area contributed by atoms with Gasteiger partial charge in [-0.1, -0.05) is 32.3 Å². The number of rotatable bonds is 6. The third-order valence-electron chi connectivity index (χ3n) is 4.48. The highest BCUT2D eigenvalue weighted by atomic mass is 32.1. The summed E-state index contributed by atoms with van der Waals surface area (Å²) in [6, 6.07) is 4.14. The molecule has 1 aromatic rings. The smallest absolute Gasteiger partial charge is 0.245 e. The maximum absolute atomic E-state index is 12.6. The SMILES string of the molecule is CCC(C)(NC(=O)Cc1cccs1)C(=O)NC1CCCCC1. The van der Waals surface area contributed by atoms with E-state index < -0.39 is 5.54 Å². The molecule has 22 heavy (non-hydrogen) atoms. The Labute approximate surface area is 136 Å². The van der Waals surface area contributed by atoms with Gasteiger partial charge in [0, 0.05) is 10.9 Å². The highest BCUT2D eigenvalue weighted by Gasteiger charge is 2.34. The van der Waals surface area contributed by atoms with Gasteiger partial charge in [0.2, 0.25) is 11.8 Å². The van der Waals surface area contributed by atoms with E-state index in [1.54, 1.807) is 11.3 Å². The molecule has 122 valence electrons. The molecule has 1 atom stereocenters. The van der Waals surface area contributed by atoms with E-state index >= 15 is 0 Å². The minimum atomic E-state index is -0.828. The van der Waals surface area contributed by atoms with Crippen molar-refractivity contribution >= 4 is 23.2 Å². The lowest BCUT2D eigenvalue weighted by Crippen LogP contribution is -2.58. The largest absolute Gasteiger partial charge is 0.351 e. The van der Waals surface area contributed by atoms with Gasteiger partial charge >= 0.3 is 0 Å². The van der Waals surface area contributed by atoms with Crippen LogP contribution in [0.2, 0.25) is 0 Å². The number of hydrogen-bond acceptors (Lipinski definition) is 3. The fourth-order valence-electron chi connectivity index (χ4n) is 2.82. The topological polar surface area (TPSA) is 58.2 Å². The molecule has 0 aliphatic heterocycles. The van der Waals surface area contributed by atoms with Crippen molar-refractivity contribution in [3.8, 4) is 0 Å². The third-order valence-corrected chi connectivity index (χ3v) is 5.36. The Hall–Kier alpha value is -1.36. The number of thiophene rings is 1. The van der Waals surface area contributed by atoms with Crippen LogP contribution < -0.4 is 10.6 Å². The molecule has 2 rings (SSSR count). The lowest BCUT2D eigenvalue weighted by Gasteiger charge is -2.32. The van der Waals surface area contributed by atoms with Crippen LogP contribution in [-0.4, -0.2) is 23.4 Å². The maximum atomic E-state index is 12.6. The van der Waals surface area contributed by atoms with Crippen LogP contribution in [-0.2, 0) is 16.0 Å². The van der Waals surface area contributed by atoms with Crippen LogP contribution in [0.5, 0.6) is 0 Å². The first kappa shape index (κ1) is 17.0. The van der Waals surface area contributed by atoms with Gasteiger partial charge in [-0.15, -0.1) is 11.3 Å². The molecule has 1 fully saturated rings. The van der Waals surface area contributed by atoms with E-state index in [9.17, 15) is 9.59 Å². The highest BCUT2D eigenvalue weighted by Crippen LogP contribution is 2.19. The molecule has 2 amide bonds. The summed E-state index contributed by atoms with van der Waals surface area (Å²) in [4.78, 5) is 25.8. The van der Waals surface area contributed by atoms with Crippen molar-refractivity contribution in [3.63, 3.8) is 0 Å². The molecule has 5 heteroatoms. The predicted octanol–water partition coefficient (Wildman–Crippen LogP) is 3.02. The van der Waals surface area contributed by atoms with Gasteiger partial charge in [-0.25, -0.2) is 0 Å². The van der Waals surface area contributed by atoms with Crippen LogP contribution in [0.1, 0.15) is 57.2 Å². The molecular formula is C17H26N2O2S. The molecule has 2 N–H and O–H groups in total. The van der Waals surface area contributed by atoms with Crippen LogP contribution in [0.25, 0.3) is 0 Å². The van der Waals surface area contributed by atoms with E-state index in [2.05, 4.69) is 10.6 Å². The van der Waals surface area contributed by atoms with Gasteiger partial charge in [0.05, 0.1) is 6.42 Å². The number of carbonyl (C=O) groups excluding carboxylic acids is 2. The maximum Gasteiger partial charge on any atom is 0.245 e. The van der Waals surface area contributed by atoms with E-state index in [4.69, 9.17) is 0 Å². The van der Waals surface area contributed by atoms with Crippen molar-refractivity contribution in [2.24, 2.45) is 0 Å². The Morgan fingerprint density at radius 2 is 2.05 bits per heavy atom. The van der Waals surface area contributed by atoms with Crippen molar-refractivity contribution < 1.29 is 9.59 Å². The van der Waals surface area contributed by atoms with Gasteiger partial charge in [0.1, 0.15) is 5.54 Å². The van der Waals surface area contributed by atoms with E-state index in [-0.39, 0.29) is 17.9 Å². The number of hydrogen-bond donors (Lipinski definition) is 2. The molecule has 0 spiro atoms. The highest BCUT2D eigenvalue weighted by molar-refractivity contribution is 7.10. The van der Waals surface area contributed by atoms with Crippen molar-refractivity contribution in [1.82, 2.24) is 10.6 Å². The van der Waals surface area contributed by atoms with Crippen LogP contribution in [0, 0.1) is 0 Å². The third kappa shape index (κ3) is 4.57. The van der Waals surface area contributed by atoms with Crippen LogP contribution in [0.4, 0.5) is 0 Å². The first-order chi connectivity index (χ1) is 10.5. The summed E-state index contributed by atoms with van der Waals surface area (Å²) in [7, 11) is 0. The Kier molecular flexibility index (Phi) is 6.00. The number of carbonyl (C=O) groups is 2. The summed E-state index contributed by atoms with van der Waals surface area (Å²) in [5.74, 6) is -0.146. The van der Waals surface area contributed by atoms with Gasteiger partial charge in [0.15, 0.2) is 0 Å². The molecule has 1 heterocycles. The van der Waals surface area contributed by atoms with E-state index in [1.165, 1.54) is 19.3 Å². The van der Waals surface area contributed by atoms with Crippen molar-refractivity contribution in [2.45, 2.75) is 70.4 Å². The average Bonchev–Trinajstić information content (AvgIpc) is 3.00. The Bertz CT molecular complexity index is 495. The standard InChI is InChI=1S/C17H26N2O2S/c1-3-17(2,16(21)18-13-8-5-4-6-9-13)19-15(20)12-14-10-7-11-22-14/h7,10-11,13H,3-6,8-9,12H2,1-2H3,(H,18,21)(H,19,20). The summed E-state index contributed by atoms with van der Waals surface area (Å²) in [6.45, 7) is 3.75. The Morgan fingerprint density at radius 3 is 2.64 bits per heavy atom. The molecule has 1 aromatic heterocycles. The van der Waals surface area contributed by atoms with E-state index in [0.717, 1.165) is 17.7 Å². The predicted molar refractivity (Wildman–Crippen MR) is 89.9 cm³/mol. The second-order valence-electron chi connectivity index (χ2n) is 6.30.